The summed E-state index contributed by atoms with van der Waals surface area (Å²) in [5.41, 5.74) is 1.87. The molecule has 0 aromatic heterocycles. The zero-order chi connectivity index (χ0) is 18.7. The average Bonchev–Trinajstić information content (AvgIpc) is 2.86. The molecule has 1 aliphatic heterocycles. The fourth-order valence-electron chi connectivity index (χ4n) is 2.35. The van der Waals surface area contributed by atoms with Crippen LogP contribution >= 0.6 is 11.8 Å². The summed E-state index contributed by atoms with van der Waals surface area (Å²) >= 11 is 0.777. The van der Waals surface area contributed by atoms with Gasteiger partial charge in [-0.15, -0.1) is 0 Å². The Bertz CT molecular complexity index is 909. The number of carbonyl (C=O) groups excluding carboxylic acids is 3. The second-order valence-corrected chi connectivity index (χ2v) is 6.70. The molecular weight excluding hydrogens is 355 g/mol. The molecule has 1 aliphatic rings. The molecule has 0 atom stereocenters. The standard InChI is InChI=1S/C19H15FN2O3S/c1-12-6-8-13(9-7-12)10-16-18(24)22(19(25)26-16)11-17(23)21-15-5-3-2-4-14(15)20/h2-10H,11H2,1H3,(H,21,23). The molecule has 1 saturated heterocycles. The Morgan fingerprint density at radius 3 is 2.54 bits per heavy atom. The number of amides is 3. The number of anilines is 1. The van der Waals surface area contributed by atoms with Crippen LogP contribution in [0.1, 0.15) is 11.1 Å². The van der Waals surface area contributed by atoms with Crippen LogP contribution in [0.3, 0.4) is 0 Å². The summed E-state index contributed by atoms with van der Waals surface area (Å²) in [7, 11) is 0. The number of rotatable bonds is 4. The number of nitrogens with one attached hydrogen (secondary N) is 1. The summed E-state index contributed by atoms with van der Waals surface area (Å²) in [6.07, 6.45) is 1.61. The second-order valence-electron chi connectivity index (χ2n) is 5.71. The third-order valence-electron chi connectivity index (χ3n) is 3.70. The molecule has 0 unspecified atom stereocenters. The summed E-state index contributed by atoms with van der Waals surface area (Å²) in [6.45, 7) is 1.48. The maximum Gasteiger partial charge on any atom is 0.294 e. The van der Waals surface area contributed by atoms with E-state index in [2.05, 4.69) is 5.32 Å². The smallest absolute Gasteiger partial charge is 0.294 e. The predicted octanol–water partition coefficient (Wildman–Crippen LogP) is 3.81. The minimum Gasteiger partial charge on any atom is -0.322 e. The predicted molar refractivity (Wildman–Crippen MR) is 98.9 cm³/mol. The lowest BCUT2D eigenvalue weighted by molar-refractivity contribution is -0.127. The number of carbonyl (C=O) groups is 3. The van der Waals surface area contributed by atoms with Crippen LogP contribution in [0, 0.1) is 12.7 Å². The molecule has 2 aromatic rings. The van der Waals surface area contributed by atoms with Crippen LogP contribution in [-0.4, -0.2) is 28.5 Å². The molecule has 1 heterocycles. The monoisotopic (exact) mass is 370 g/mol. The van der Waals surface area contributed by atoms with Gasteiger partial charge in [0.25, 0.3) is 11.1 Å². The van der Waals surface area contributed by atoms with E-state index in [9.17, 15) is 18.8 Å². The van der Waals surface area contributed by atoms with Crippen molar-refractivity contribution in [3.8, 4) is 0 Å². The van der Waals surface area contributed by atoms with Crippen LogP contribution in [0.5, 0.6) is 0 Å². The summed E-state index contributed by atoms with van der Waals surface area (Å²) in [4.78, 5) is 37.6. The molecule has 1 fully saturated rings. The number of aryl methyl sites for hydroxylation is 1. The largest absolute Gasteiger partial charge is 0.322 e. The van der Waals surface area contributed by atoms with Crippen LogP contribution in [-0.2, 0) is 9.59 Å². The summed E-state index contributed by atoms with van der Waals surface area (Å²) in [5, 5.41) is 1.83. The highest BCUT2D eigenvalue weighted by atomic mass is 32.2. The van der Waals surface area contributed by atoms with Gasteiger partial charge in [-0.3, -0.25) is 19.3 Å². The van der Waals surface area contributed by atoms with Crippen LogP contribution in [0.25, 0.3) is 6.08 Å². The van der Waals surface area contributed by atoms with Gasteiger partial charge in [0.05, 0.1) is 10.6 Å². The zero-order valence-electron chi connectivity index (χ0n) is 13.9. The van der Waals surface area contributed by atoms with Gasteiger partial charge in [-0.1, -0.05) is 42.0 Å². The first kappa shape index (κ1) is 17.9. The van der Waals surface area contributed by atoms with Crippen molar-refractivity contribution in [2.24, 2.45) is 0 Å². The number of thioether (sulfide) groups is 1. The Balaban J connectivity index is 1.70. The number of hydrogen-bond donors (Lipinski definition) is 1. The molecule has 0 radical (unpaired) electrons. The highest BCUT2D eigenvalue weighted by Crippen LogP contribution is 2.32. The van der Waals surface area contributed by atoms with Crippen LogP contribution in [0.15, 0.2) is 53.4 Å². The van der Waals surface area contributed by atoms with Crippen LogP contribution < -0.4 is 5.32 Å². The van der Waals surface area contributed by atoms with Crippen molar-refractivity contribution in [2.45, 2.75) is 6.92 Å². The Kier molecular flexibility index (Phi) is 5.18. The van der Waals surface area contributed by atoms with Gasteiger partial charge in [0.2, 0.25) is 5.91 Å². The summed E-state index contributed by atoms with van der Waals surface area (Å²) < 4.78 is 13.6. The number of halogens is 1. The molecule has 0 spiro atoms. The van der Waals surface area contributed by atoms with Gasteiger partial charge in [-0.25, -0.2) is 4.39 Å². The lowest BCUT2D eigenvalue weighted by Crippen LogP contribution is -2.36. The van der Waals surface area contributed by atoms with Gasteiger partial charge in [-0.05, 0) is 42.5 Å². The van der Waals surface area contributed by atoms with E-state index in [1.165, 1.54) is 18.2 Å². The van der Waals surface area contributed by atoms with Gasteiger partial charge >= 0.3 is 0 Å². The first-order chi connectivity index (χ1) is 12.4. The minimum absolute atomic E-state index is 0.000307. The fraction of sp³-hybridized carbons (Fsp3) is 0.105. The van der Waals surface area contributed by atoms with Gasteiger partial charge in [-0.2, -0.15) is 0 Å². The van der Waals surface area contributed by atoms with Crippen LogP contribution in [0.2, 0.25) is 0 Å². The minimum atomic E-state index is -0.644. The SMILES string of the molecule is Cc1ccc(C=C2SC(=O)N(CC(=O)Nc3ccccc3F)C2=O)cc1. The van der Waals surface area contributed by atoms with Gasteiger partial charge in [0.15, 0.2) is 0 Å². The molecule has 2 aromatic carbocycles. The molecule has 5 nitrogen and oxygen atoms in total. The molecule has 0 bridgehead atoms. The molecule has 0 saturated carbocycles. The molecule has 26 heavy (non-hydrogen) atoms. The number of hydrogen-bond acceptors (Lipinski definition) is 4. The number of imide groups is 1. The van der Waals surface area contributed by atoms with Gasteiger partial charge in [0.1, 0.15) is 12.4 Å². The van der Waals surface area contributed by atoms with E-state index < -0.39 is 29.4 Å². The fourth-order valence-corrected chi connectivity index (χ4v) is 3.18. The van der Waals surface area contributed by atoms with E-state index in [4.69, 9.17) is 0 Å². The Labute approximate surface area is 153 Å². The molecular formula is C19H15FN2O3S. The van der Waals surface area contributed by atoms with E-state index in [0.717, 1.165) is 27.8 Å². The maximum absolute atomic E-state index is 13.6. The second kappa shape index (κ2) is 7.53. The zero-order valence-corrected chi connectivity index (χ0v) is 14.7. The van der Waals surface area contributed by atoms with Gasteiger partial charge < -0.3 is 5.32 Å². The van der Waals surface area contributed by atoms with Crippen molar-refractivity contribution in [1.29, 1.82) is 0 Å². The Hall–Kier alpha value is -2.93. The lowest BCUT2D eigenvalue weighted by Gasteiger charge is -2.12. The topological polar surface area (TPSA) is 66.5 Å². The highest BCUT2D eigenvalue weighted by Gasteiger charge is 2.36. The van der Waals surface area contributed by atoms with Crippen molar-refractivity contribution in [1.82, 2.24) is 4.90 Å². The quantitative estimate of drug-likeness (QED) is 0.831. The van der Waals surface area contributed by atoms with Crippen molar-refractivity contribution in [2.75, 3.05) is 11.9 Å². The first-order valence-corrected chi connectivity index (χ1v) is 8.62. The van der Waals surface area contributed by atoms with E-state index in [0.29, 0.717) is 0 Å². The van der Waals surface area contributed by atoms with Gasteiger partial charge in [0, 0.05) is 0 Å². The van der Waals surface area contributed by atoms with Crippen molar-refractivity contribution in [3.63, 3.8) is 0 Å². The molecule has 132 valence electrons. The van der Waals surface area contributed by atoms with E-state index in [1.54, 1.807) is 12.1 Å². The molecule has 3 rings (SSSR count). The summed E-state index contributed by atoms with van der Waals surface area (Å²) in [6, 6.07) is 13.2. The summed E-state index contributed by atoms with van der Waals surface area (Å²) in [5.74, 6) is -1.77. The maximum atomic E-state index is 13.6. The number of para-hydroxylation sites is 1. The Morgan fingerprint density at radius 1 is 1.15 bits per heavy atom. The van der Waals surface area contributed by atoms with E-state index >= 15 is 0 Å². The van der Waals surface area contributed by atoms with Crippen molar-refractivity contribution in [3.05, 3.63) is 70.4 Å². The molecule has 1 N–H and O–H groups in total. The van der Waals surface area contributed by atoms with E-state index in [1.807, 2.05) is 31.2 Å². The third kappa shape index (κ3) is 4.00. The normalized spacial score (nSPS) is 15.6. The van der Waals surface area contributed by atoms with Crippen molar-refractivity contribution < 1.29 is 18.8 Å². The van der Waals surface area contributed by atoms with Crippen LogP contribution in [0.4, 0.5) is 14.9 Å². The number of nitrogens with zero attached hydrogens (tertiary/aromatic N) is 1. The number of benzene rings is 2. The molecule has 7 heteroatoms. The first-order valence-electron chi connectivity index (χ1n) is 7.80. The Morgan fingerprint density at radius 2 is 1.85 bits per heavy atom. The van der Waals surface area contributed by atoms with Crippen molar-refractivity contribution >= 4 is 40.6 Å². The molecule has 3 amide bonds. The van der Waals surface area contributed by atoms with E-state index in [-0.39, 0.29) is 10.6 Å². The average molecular weight is 370 g/mol. The lowest BCUT2D eigenvalue weighted by atomic mass is 10.1. The molecule has 0 aliphatic carbocycles. The highest BCUT2D eigenvalue weighted by molar-refractivity contribution is 8.18. The third-order valence-corrected chi connectivity index (χ3v) is 4.61.